The van der Waals surface area contributed by atoms with Crippen LogP contribution in [0.1, 0.15) is 22.3 Å². The molecule has 2 aliphatic rings. The Hall–Kier alpha value is -3.37. The lowest BCUT2D eigenvalue weighted by Crippen LogP contribution is -2.34. The van der Waals surface area contributed by atoms with Crippen molar-refractivity contribution in [3.05, 3.63) is 63.9 Å². The molecule has 1 saturated heterocycles. The number of alkyl halides is 3. The van der Waals surface area contributed by atoms with Gasteiger partial charge in [-0.3, -0.25) is 14.2 Å². The molecule has 0 bridgehead atoms. The summed E-state index contributed by atoms with van der Waals surface area (Å²) in [6.45, 7) is 1.70. The van der Waals surface area contributed by atoms with Crippen molar-refractivity contribution in [2.24, 2.45) is 0 Å². The van der Waals surface area contributed by atoms with Crippen molar-refractivity contribution in [1.82, 2.24) is 19.8 Å². The van der Waals surface area contributed by atoms with Crippen molar-refractivity contribution in [2.45, 2.75) is 25.7 Å². The van der Waals surface area contributed by atoms with E-state index in [9.17, 15) is 22.8 Å². The second-order valence-electron chi connectivity index (χ2n) is 9.07. The fourth-order valence-corrected chi connectivity index (χ4v) is 4.88. The van der Waals surface area contributed by atoms with Crippen LogP contribution in [0.2, 0.25) is 0 Å². The molecule has 2 N–H and O–H groups in total. The molecule has 0 radical (unpaired) electrons. The van der Waals surface area contributed by atoms with Gasteiger partial charge in [0.05, 0.1) is 16.8 Å². The maximum Gasteiger partial charge on any atom is 0.406 e. The summed E-state index contributed by atoms with van der Waals surface area (Å²) in [7, 11) is 2.03. The van der Waals surface area contributed by atoms with E-state index in [1.165, 1.54) is 0 Å². The number of nitrogens with one attached hydrogen (secondary N) is 2. The molecule has 1 fully saturated rings. The van der Waals surface area contributed by atoms with E-state index in [-0.39, 0.29) is 23.5 Å². The lowest BCUT2D eigenvalue weighted by atomic mass is 9.96. The van der Waals surface area contributed by atoms with Gasteiger partial charge in [-0.1, -0.05) is 30.3 Å². The summed E-state index contributed by atoms with van der Waals surface area (Å²) in [6.07, 6.45) is -3.69. The van der Waals surface area contributed by atoms with Crippen LogP contribution < -0.4 is 16.4 Å². The van der Waals surface area contributed by atoms with Crippen LogP contribution in [-0.2, 0) is 13.1 Å². The minimum Gasteiger partial charge on any atom is -0.337 e. The van der Waals surface area contributed by atoms with Gasteiger partial charge in [0, 0.05) is 37.1 Å². The van der Waals surface area contributed by atoms with Gasteiger partial charge in [-0.05, 0) is 43.3 Å². The Bertz CT molecular complexity index is 1350. The molecule has 7 nitrogen and oxygen atoms in total. The topological polar surface area (TPSA) is 69.6 Å². The highest BCUT2D eigenvalue weighted by molar-refractivity contribution is 6.03. The molecule has 3 aromatic rings. The summed E-state index contributed by atoms with van der Waals surface area (Å²) >= 11 is 0. The number of hydrazine groups is 1. The number of pyridine rings is 1. The summed E-state index contributed by atoms with van der Waals surface area (Å²) < 4.78 is 41.0. The normalized spacial score (nSPS) is 16.7. The largest absolute Gasteiger partial charge is 0.406 e. The number of rotatable bonds is 3. The molecule has 0 spiro atoms. The number of hydrogen-bond donors (Lipinski definition) is 2. The average molecular weight is 486 g/mol. The van der Waals surface area contributed by atoms with Gasteiger partial charge in [-0.15, -0.1) is 0 Å². The van der Waals surface area contributed by atoms with E-state index in [1.54, 1.807) is 42.5 Å². The Labute approximate surface area is 200 Å². The summed E-state index contributed by atoms with van der Waals surface area (Å²) in [6, 6.07) is 12.2. The zero-order valence-corrected chi connectivity index (χ0v) is 19.3. The zero-order chi connectivity index (χ0) is 24.7. The van der Waals surface area contributed by atoms with Crippen LogP contribution in [0.25, 0.3) is 22.0 Å². The maximum absolute atomic E-state index is 13.5. The van der Waals surface area contributed by atoms with E-state index in [2.05, 4.69) is 15.8 Å². The number of aromatic nitrogens is 1. The number of anilines is 1. The number of carbonyl (C=O) groups is 1. The fraction of sp³-hybridized carbons (Fsp3) is 0.360. The van der Waals surface area contributed by atoms with Gasteiger partial charge < -0.3 is 15.2 Å². The van der Waals surface area contributed by atoms with Gasteiger partial charge in [0.1, 0.15) is 6.54 Å². The summed E-state index contributed by atoms with van der Waals surface area (Å²) in [4.78, 5) is 30.4. The monoisotopic (exact) mass is 485 g/mol. The molecule has 2 aliphatic heterocycles. The van der Waals surface area contributed by atoms with Crippen LogP contribution in [0.5, 0.6) is 0 Å². The van der Waals surface area contributed by atoms with Gasteiger partial charge >= 0.3 is 6.18 Å². The second-order valence-corrected chi connectivity index (χ2v) is 9.07. The quantitative estimate of drug-likeness (QED) is 0.595. The number of hydrogen-bond acceptors (Lipinski definition) is 5. The van der Waals surface area contributed by atoms with E-state index < -0.39 is 18.3 Å². The first-order valence-electron chi connectivity index (χ1n) is 11.6. The third-order valence-electron chi connectivity index (χ3n) is 6.65. The SMILES string of the molecule is CN1CCCN(C(=O)c2ccccc2-c2ccc3c4c(c(=O)n(CC(F)(F)F)c3c2)CNN4)CC1. The van der Waals surface area contributed by atoms with Gasteiger partial charge in [0.2, 0.25) is 0 Å². The van der Waals surface area contributed by atoms with Crippen LogP contribution in [0.15, 0.2) is 47.3 Å². The number of likely N-dealkylation sites (N-methyl/N-ethyl adjacent to an activating group) is 1. The first-order valence-corrected chi connectivity index (χ1v) is 11.6. The van der Waals surface area contributed by atoms with Crippen LogP contribution in [0.3, 0.4) is 0 Å². The molecule has 0 saturated carbocycles. The van der Waals surface area contributed by atoms with Crippen molar-refractivity contribution < 1.29 is 18.0 Å². The molecule has 10 heteroatoms. The van der Waals surface area contributed by atoms with Crippen molar-refractivity contribution in [1.29, 1.82) is 0 Å². The Morgan fingerprint density at radius 2 is 1.86 bits per heavy atom. The summed E-state index contributed by atoms with van der Waals surface area (Å²) in [5.41, 5.74) is 7.67. The number of fused-ring (bicyclic) bond motifs is 3. The average Bonchev–Trinajstić information content (AvgIpc) is 3.23. The smallest absolute Gasteiger partial charge is 0.337 e. The number of halogens is 3. The van der Waals surface area contributed by atoms with E-state index in [0.717, 1.165) is 24.1 Å². The van der Waals surface area contributed by atoms with Crippen LogP contribution in [0, 0.1) is 0 Å². The number of benzene rings is 2. The molecule has 1 aromatic heterocycles. The molecule has 0 unspecified atom stereocenters. The summed E-state index contributed by atoms with van der Waals surface area (Å²) in [5.74, 6) is -0.108. The highest BCUT2D eigenvalue weighted by Crippen LogP contribution is 2.34. The molecule has 0 atom stereocenters. The van der Waals surface area contributed by atoms with E-state index in [0.29, 0.717) is 40.9 Å². The fourth-order valence-electron chi connectivity index (χ4n) is 4.88. The standard InChI is InChI=1S/C25H26F3N5O2/c1-31-9-4-10-32(12-11-31)23(34)18-6-3-2-5-17(18)16-7-8-19-21(13-16)33(15-25(26,27)28)24(35)20-14-29-30-22(19)20/h2-3,5-8,13,29-30H,4,9-12,14-15H2,1H3. The second kappa shape index (κ2) is 9.01. The third kappa shape index (κ3) is 4.51. The highest BCUT2D eigenvalue weighted by atomic mass is 19.4. The minimum absolute atomic E-state index is 0.108. The lowest BCUT2D eigenvalue weighted by molar-refractivity contribution is -0.140. The molecule has 3 heterocycles. The highest BCUT2D eigenvalue weighted by Gasteiger charge is 2.31. The third-order valence-corrected chi connectivity index (χ3v) is 6.65. The summed E-state index contributed by atoms with van der Waals surface area (Å²) in [5, 5.41) is 0.511. The van der Waals surface area contributed by atoms with Gasteiger partial charge in [-0.2, -0.15) is 13.2 Å². The number of amides is 1. The van der Waals surface area contributed by atoms with E-state index in [4.69, 9.17) is 0 Å². The van der Waals surface area contributed by atoms with Crippen molar-refractivity contribution in [3.8, 4) is 11.1 Å². The van der Waals surface area contributed by atoms with Gasteiger partial charge in [0.25, 0.3) is 11.5 Å². The molecule has 184 valence electrons. The molecule has 1 amide bonds. The maximum atomic E-state index is 13.5. The van der Waals surface area contributed by atoms with Gasteiger partial charge in [-0.25, -0.2) is 5.43 Å². The van der Waals surface area contributed by atoms with E-state index in [1.807, 2.05) is 11.9 Å². The predicted molar refractivity (Wildman–Crippen MR) is 128 cm³/mol. The molecule has 5 rings (SSSR count). The molecule has 2 aromatic carbocycles. The van der Waals surface area contributed by atoms with Crippen LogP contribution in [-0.4, -0.2) is 59.7 Å². The first kappa shape index (κ1) is 23.4. The Kier molecular flexibility index (Phi) is 6.02. The molecular weight excluding hydrogens is 459 g/mol. The molecular formula is C25H26F3N5O2. The van der Waals surface area contributed by atoms with Gasteiger partial charge in [0.15, 0.2) is 0 Å². The Balaban J connectivity index is 1.63. The van der Waals surface area contributed by atoms with E-state index >= 15 is 0 Å². The lowest BCUT2D eigenvalue weighted by Gasteiger charge is -2.22. The number of carbonyl (C=O) groups excluding carboxylic acids is 1. The molecule has 35 heavy (non-hydrogen) atoms. The Morgan fingerprint density at radius 1 is 1.06 bits per heavy atom. The first-order chi connectivity index (χ1) is 16.7. The predicted octanol–water partition coefficient (Wildman–Crippen LogP) is 3.44. The van der Waals surface area contributed by atoms with Crippen molar-refractivity contribution in [2.75, 3.05) is 38.7 Å². The van der Waals surface area contributed by atoms with Crippen LogP contribution in [0.4, 0.5) is 18.9 Å². The van der Waals surface area contributed by atoms with Crippen molar-refractivity contribution in [3.63, 3.8) is 0 Å². The zero-order valence-electron chi connectivity index (χ0n) is 19.3. The Morgan fingerprint density at radius 3 is 2.66 bits per heavy atom. The van der Waals surface area contributed by atoms with Crippen LogP contribution >= 0.6 is 0 Å². The minimum atomic E-state index is -4.56. The van der Waals surface area contributed by atoms with Crippen molar-refractivity contribution >= 4 is 22.5 Å². The molecule has 0 aliphatic carbocycles. The number of nitrogens with zero attached hydrogens (tertiary/aromatic N) is 3.